The van der Waals surface area contributed by atoms with Crippen LogP contribution in [0.4, 0.5) is 0 Å². The minimum absolute atomic E-state index is 0.152. The van der Waals surface area contributed by atoms with E-state index in [1.54, 1.807) is 0 Å². The molecule has 1 heterocycles. The maximum absolute atomic E-state index is 11.8. The van der Waals surface area contributed by atoms with Crippen molar-refractivity contribution < 1.29 is 13.2 Å². The van der Waals surface area contributed by atoms with Crippen LogP contribution in [0.25, 0.3) is 0 Å². The zero-order valence-corrected chi connectivity index (χ0v) is 13.1. The third-order valence-electron chi connectivity index (χ3n) is 4.78. The maximum atomic E-state index is 11.8. The molecule has 1 aliphatic heterocycles. The number of hydrogen-bond acceptors (Lipinski definition) is 4. The van der Waals surface area contributed by atoms with Gasteiger partial charge in [-0.1, -0.05) is 6.42 Å². The van der Waals surface area contributed by atoms with Crippen LogP contribution < -0.4 is 5.32 Å². The molecular weight excluding hydrogens is 262 g/mol. The van der Waals surface area contributed by atoms with Crippen molar-refractivity contribution in [1.29, 1.82) is 0 Å². The summed E-state index contributed by atoms with van der Waals surface area (Å²) in [5.74, 6) is 0.425. The second-order valence-electron chi connectivity index (χ2n) is 6.26. The van der Waals surface area contributed by atoms with Crippen LogP contribution in [0.5, 0.6) is 0 Å². The Hall–Kier alpha value is -0.130. The molecule has 4 nitrogen and oxygen atoms in total. The Morgan fingerprint density at radius 2 is 1.95 bits per heavy atom. The molecule has 5 atom stereocenters. The van der Waals surface area contributed by atoms with Gasteiger partial charge in [-0.2, -0.15) is 0 Å². The van der Waals surface area contributed by atoms with Gasteiger partial charge in [0.1, 0.15) is 9.84 Å². The van der Waals surface area contributed by atoms with E-state index in [9.17, 15) is 8.42 Å². The number of nitrogens with one attached hydrogen (secondary N) is 1. The summed E-state index contributed by atoms with van der Waals surface area (Å²) < 4.78 is 29.5. The molecule has 0 aromatic heterocycles. The highest BCUT2D eigenvalue weighted by molar-refractivity contribution is 7.91. The van der Waals surface area contributed by atoms with Gasteiger partial charge in [-0.05, 0) is 52.0 Å². The van der Waals surface area contributed by atoms with Crippen LogP contribution in [0.2, 0.25) is 0 Å². The minimum Gasteiger partial charge on any atom is -0.374 e. The van der Waals surface area contributed by atoms with Crippen LogP contribution in [-0.2, 0) is 14.6 Å². The molecule has 0 aromatic carbocycles. The van der Waals surface area contributed by atoms with Crippen LogP contribution in [0.3, 0.4) is 0 Å². The topological polar surface area (TPSA) is 55.4 Å². The van der Waals surface area contributed by atoms with Crippen molar-refractivity contribution in [2.45, 2.75) is 68.9 Å². The average molecular weight is 289 g/mol. The third kappa shape index (κ3) is 3.70. The molecule has 0 aromatic rings. The van der Waals surface area contributed by atoms with Crippen LogP contribution in [-0.4, -0.2) is 45.2 Å². The first-order valence-electron chi connectivity index (χ1n) is 7.43. The zero-order valence-electron chi connectivity index (χ0n) is 12.3. The first-order chi connectivity index (χ1) is 8.91. The van der Waals surface area contributed by atoms with E-state index >= 15 is 0 Å². The summed E-state index contributed by atoms with van der Waals surface area (Å²) in [4.78, 5) is 0. The molecule has 19 heavy (non-hydrogen) atoms. The molecule has 0 bridgehead atoms. The van der Waals surface area contributed by atoms with Crippen molar-refractivity contribution >= 4 is 9.84 Å². The van der Waals surface area contributed by atoms with E-state index in [0.717, 1.165) is 38.5 Å². The molecule has 2 rings (SSSR count). The van der Waals surface area contributed by atoms with E-state index in [4.69, 9.17) is 4.74 Å². The Labute approximate surface area is 117 Å². The zero-order chi connectivity index (χ0) is 14.0. The summed E-state index contributed by atoms with van der Waals surface area (Å²) in [7, 11) is -0.930. The van der Waals surface area contributed by atoms with Crippen molar-refractivity contribution in [3.63, 3.8) is 0 Å². The summed E-state index contributed by atoms with van der Waals surface area (Å²) in [6.45, 7) is 2.12. The lowest BCUT2D eigenvalue weighted by molar-refractivity contribution is 0.0143. The molecule has 0 amide bonds. The Kier molecular flexibility index (Phi) is 4.90. The standard InChI is InChI=1S/C14H27NO3S/c1-10-7-8-13(18-10)14(15-2)11-5-4-6-12(9-11)19(3,16)17/h10-15H,4-9H2,1-3H3. The quantitative estimate of drug-likeness (QED) is 0.856. The molecule has 1 N–H and O–H groups in total. The first kappa shape index (κ1) is 15.3. The monoisotopic (exact) mass is 289 g/mol. The number of hydrogen-bond donors (Lipinski definition) is 1. The fraction of sp³-hybridized carbons (Fsp3) is 1.00. The van der Waals surface area contributed by atoms with E-state index in [2.05, 4.69) is 12.2 Å². The largest absolute Gasteiger partial charge is 0.374 e. The first-order valence-corrected chi connectivity index (χ1v) is 9.39. The summed E-state index contributed by atoms with van der Waals surface area (Å²) in [6.07, 6.45) is 7.93. The van der Waals surface area contributed by atoms with E-state index in [-0.39, 0.29) is 11.4 Å². The fourth-order valence-corrected chi connectivity index (χ4v) is 4.91. The van der Waals surface area contributed by atoms with Gasteiger partial charge < -0.3 is 10.1 Å². The van der Waals surface area contributed by atoms with E-state index in [1.165, 1.54) is 6.26 Å². The minimum atomic E-state index is -2.90. The molecule has 1 saturated carbocycles. The predicted molar refractivity (Wildman–Crippen MR) is 77.0 cm³/mol. The second kappa shape index (κ2) is 6.10. The Balaban J connectivity index is 2.02. The van der Waals surface area contributed by atoms with Gasteiger partial charge in [0.15, 0.2) is 0 Å². The van der Waals surface area contributed by atoms with Crippen molar-refractivity contribution in [3.8, 4) is 0 Å². The summed E-state index contributed by atoms with van der Waals surface area (Å²) in [5, 5.41) is 3.23. The highest BCUT2D eigenvalue weighted by atomic mass is 32.2. The third-order valence-corrected chi connectivity index (χ3v) is 6.42. The van der Waals surface area contributed by atoms with Crippen LogP contribution in [0.15, 0.2) is 0 Å². The number of likely N-dealkylation sites (N-methyl/N-ethyl adjacent to an activating group) is 1. The molecule has 0 spiro atoms. The lowest BCUT2D eigenvalue weighted by Gasteiger charge is -2.36. The van der Waals surface area contributed by atoms with E-state index in [0.29, 0.717) is 18.1 Å². The van der Waals surface area contributed by atoms with Gasteiger partial charge in [0.25, 0.3) is 0 Å². The molecule has 1 saturated heterocycles. The summed E-state index contributed by atoms with van der Waals surface area (Å²) in [6, 6.07) is 0.300. The van der Waals surface area contributed by atoms with Gasteiger partial charge in [-0.25, -0.2) is 8.42 Å². The van der Waals surface area contributed by atoms with Crippen molar-refractivity contribution in [3.05, 3.63) is 0 Å². The second-order valence-corrected chi connectivity index (χ2v) is 8.58. The molecule has 2 fully saturated rings. The number of sulfone groups is 1. The molecule has 0 radical (unpaired) electrons. The Morgan fingerprint density at radius 3 is 2.47 bits per heavy atom. The van der Waals surface area contributed by atoms with Gasteiger partial charge in [0, 0.05) is 12.3 Å². The van der Waals surface area contributed by atoms with Gasteiger partial charge in [0.05, 0.1) is 17.5 Å². The number of rotatable bonds is 4. The highest BCUT2D eigenvalue weighted by Gasteiger charge is 2.38. The van der Waals surface area contributed by atoms with Crippen molar-refractivity contribution in [2.24, 2.45) is 5.92 Å². The van der Waals surface area contributed by atoms with Crippen LogP contribution in [0.1, 0.15) is 45.4 Å². The normalized spacial score (nSPS) is 38.3. The highest BCUT2D eigenvalue weighted by Crippen LogP contribution is 2.34. The van der Waals surface area contributed by atoms with Gasteiger partial charge in [-0.3, -0.25) is 0 Å². The van der Waals surface area contributed by atoms with Gasteiger partial charge in [-0.15, -0.1) is 0 Å². The molecule has 5 heteroatoms. The maximum Gasteiger partial charge on any atom is 0.150 e. The van der Waals surface area contributed by atoms with Crippen molar-refractivity contribution in [1.82, 2.24) is 5.32 Å². The van der Waals surface area contributed by atoms with Crippen LogP contribution >= 0.6 is 0 Å². The Morgan fingerprint density at radius 1 is 1.21 bits per heavy atom. The van der Waals surface area contributed by atoms with E-state index < -0.39 is 9.84 Å². The molecule has 5 unspecified atom stereocenters. The molecule has 112 valence electrons. The van der Waals surface area contributed by atoms with Crippen molar-refractivity contribution in [2.75, 3.05) is 13.3 Å². The van der Waals surface area contributed by atoms with Gasteiger partial charge >= 0.3 is 0 Å². The molecule has 2 aliphatic rings. The Bertz CT molecular complexity index is 395. The SMILES string of the molecule is CNC(C1CCCC(S(C)(=O)=O)C1)C1CCC(C)O1. The van der Waals surface area contributed by atoms with E-state index in [1.807, 2.05) is 7.05 Å². The van der Waals surface area contributed by atoms with Crippen LogP contribution in [0, 0.1) is 5.92 Å². The average Bonchev–Trinajstić information content (AvgIpc) is 2.76. The fourth-order valence-electron chi connectivity index (χ4n) is 3.72. The van der Waals surface area contributed by atoms with Gasteiger partial charge in [0.2, 0.25) is 0 Å². The summed E-state index contributed by atoms with van der Waals surface area (Å²) in [5.41, 5.74) is 0. The lowest BCUT2D eigenvalue weighted by atomic mass is 9.81. The number of ether oxygens (including phenoxy) is 1. The lowest BCUT2D eigenvalue weighted by Crippen LogP contribution is -2.46. The summed E-state index contributed by atoms with van der Waals surface area (Å²) >= 11 is 0. The predicted octanol–water partition coefficient (Wildman–Crippen LogP) is 1.75. The smallest absolute Gasteiger partial charge is 0.150 e. The molecular formula is C14H27NO3S. The molecule has 1 aliphatic carbocycles.